The van der Waals surface area contributed by atoms with E-state index in [4.69, 9.17) is 9.47 Å². The summed E-state index contributed by atoms with van der Waals surface area (Å²) in [6, 6.07) is 12.8. The Balaban J connectivity index is 1.91. The molecule has 0 spiro atoms. The van der Waals surface area contributed by atoms with Gasteiger partial charge in [0.05, 0.1) is 20.3 Å². The highest BCUT2D eigenvalue weighted by molar-refractivity contribution is 6.12. The second kappa shape index (κ2) is 5.86. The Morgan fingerprint density at radius 1 is 0.962 bits per heavy atom. The van der Waals surface area contributed by atoms with Crippen LogP contribution in [0.5, 0.6) is 11.5 Å². The van der Waals surface area contributed by atoms with Gasteiger partial charge in [-0.2, -0.15) is 0 Å². The fourth-order valence-corrected chi connectivity index (χ4v) is 4.92. The van der Waals surface area contributed by atoms with Gasteiger partial charge in [0.2, 0.25) is 0 Å². The molecule has 2 aliphatic rings. The summed E-state index contributed by atoms with van der Waals surface area (Å²) < 4.78 is 11.1. The van der Waals surface area contributed by atoms with Gasteiger partial charge in [-0.05, 0) is 64.2 Å². The number of aliphatic hydroxyl groups excluding tert-OH is 1. The van der Waals surface area contributed by atoms with E-state index in [1.54, 1.807) is 14.2 Å². The average Bonchev–Trinajstić information content (AvgIpc) is 3.16. The largest absolute Gasteiger partial charge is 0.493 e. The maximum Gasteiger partial charge on any atom is 0.161 e. The molecule has 2 heterocycles. The van der Waals surface area contributed by atoms with Crippen LogP contribution in [-0.4, -0.2) is 36.8 Å². The van der Waals surface area contributed by atoms with Crippen molar-refractivity contribution in [2.24, 2.45) is 0 Å². The molecule has 1 saturated heterocycles. The van der Waals surface area contributed by atoms with Crippen LogP contribution < -0.4 is 9.47 Å². The van der Waals surface area contributed by atoms with Crippen molar-refractivity contribution in [2.75, 3.05) is 20.8 Å². The van der Waals surface area contributed by atoms with Gasteiger partial charge in [-0.3, -0.25) is 4.90 Å². The van der Waals surface area contributed by atoms with E-state index in [1.807, 2.05) is 0 Å². The summed E-state index contributed by atoms with van der Waals surface area (Å²) in [7, 11) is 3.34. The molecule has 0 amide bonds. The second-order valence-electron chi connectivity index (χ2n) is 7.32. The molecule has 0 aliphatic carbocycles. The molecule has 134 valence electrons. The van der Waals surface area contributed by atoms with Gasteiger partial charge in [-0.25, -0.2) is 0 Å². The number of nitrogens with zero attached hydrogens (tertiary/aromatic N) is 1. The Morgan fingerprint density at radius 3 is 2.38 bits per heavy atom. The SMILES string of the molecule is COc1cc2c3c(c4ccccc4c2cc1OC)C(O)C1CCCN1C3. The summed E-state index contributed by atoms with van der Waals surface area (Å²) in [5, 5.41) is 15.8. The van der Waals surface area contributed by atoms with Crippen molar-refractivity contribution >= 4 is 21.5 Å². The van der Waals surface area contributed by atoms with Gasteiger partial charge in [0, 0.05) is 12.6 Å². The fourth-order valence-electron chi connectivity index (χ4n) is 4.92. The fraction of sp³-hybridized carbons (Fsp3) is 0.364. The molecule has 4 heteroatoms. The van der Waals surface area contributed by atoms with Gasteiger partial charge in [0.25, 0.3) is 0 Å². The number of ether oxygens (including phenoxy) is 2. The van der Waals surface area contributed by atoms with Crippen LogP contribution in [0.2, 0.25) is 0 Å². The van der Waals surface area contributed by atoms with Crippen LogP contribution in [0.25, 0.3) is 21.5 Å². The first-order valence-electron chi connectivity index (χ1n) is 9.24. The van der Waals surface area contributed by atoms with Crippen LogP contribution >= 0.6 is 0 Å². The quantitative estimate of drug-likeness (QED) is 0.710. The smallest absolute Gasteiger partial charge is 0.161 e. The van der Waals surface area contributed by atoms with Gasteiger partial charge >= 0.3 is 0 Å². The Bertz CT molecular complexity index is 1010. The molecule has 3 aromatic carbocycles. The molecule has 2 aliphatic heterocycles. The third kappa shape index (κ3) is 2.09. The van der Waals surface area contributed by atoms with E-state index < -0.39 is 6.10 Å². The van der Waals surface area contributed by atoms with E-state index in [-0.39, 0.29) is 6.04 Å². The van der Waals surface area contributed by atoms with E-state index >= 15 is 0 Å². The lowest BCUT2D eigenvalue weighted by molar-refractivity contribution is 0.0552. The molecule has 26 heavy (non-hydrogen) atoms. The van der Waals surface area contributed by atoms with E-state index in [9.17, 15) is 5.11 Å². The number of hydrogen-bond donors (Lipinski definition) is 1. The van der Waals surface area contributed by atoms with Gasteiger partial charge in [-0.1, -0.05) is 24.3 Å². The monoisotopic (exact) mass is 349 g/mol. The van der Waals surface area contributed by atoms with Gasteiger partial charge < -0.3 is 14.6 Å². The maximum absolute atomic E-state index is 11.2. The van der Waals surface area contributed by atoms with E-state index in [1.165, 1.54) is 5.56 Å². The van der Waals surface area contributed by atoms with Crippen molar-refractivity contribution in [3.05, 3.63) is 47.5 Å². The molecule has 0 bridgehead atoms. The Kier molecular flexibility index (Phi) is 3.59. The molecule has 4 nitrogen and oxygen atoms in total. The minimum Gasteiger partial charge on any atom is -0.493 e. The van der Waals surface area contributed by atoms with Crippen LogP contribution in [0.3, 0.4) is 0 Å². The number of benzene rings is 3. The van der Waals surface area contributed by atoms with Crippen LogP contribution in [0.1, 0.15) is 30.1 Å². The van der Waals surface area contributed by atoms with Gasteiger partial charge in [-0.15, -0.1) is 0 Å². The minimum atomic E-state index is -0.441. The van der Waals surface area contributed by atoms with Crippen molar-refractivity contribution < 1.29 is 14.6 Å². The lowest BCUT2D eigenvalue weighted by Crippen LogP contribution is -2.39. The highest BCUT2D eigenvalue weighted by Gasteiger charge is 2.38. The molecule has 2 unspecified atom stereocenters. The third-order valence-electron chi connectivity index (χ3n) is 6.12. The lowest BCUT2D eigenvalue weighted by atomic mass is 9.83. The van der Waals surface area contributed by atoms with Crippen LogP contribution in [0.4, 0.5) is 0 Å². The minimum absolute atomic E-state index is 0.239. The first-order valence-corrected chi connectivity index (χ1v) is 9.24. The Labute approximate surface area is 152 Å². The Morgan fingerprint density at radius 2 is 1.65 bits per heavy atom. The maximum atomic E-state index is 11.2. The van der Waals surface area contributed by atoms with E-state index in [2.05, 4.69) is 41.3 Å². The van der Waals surface area contributed by atoms with Crippen molar-refractivity contribution in [3.8, 4) is 11.5 Å². The normalized spacial score (nSPS) is 22.4. The second-order valence-corrected chi connectivity index (χ2v) is 7.32. The molecule has 0 saturated carbocycles. The molecule has 5 rings (SSSR count). The zero-order valence-corrected chi connectivity index (χ0v) is 15.2. The molecule has 0 radical (unpaired) electrons. The molecule has 2 atom stereocenters. The van der Waals surface area contributed by atoms with E-state index in [0.29, 0.717) is 0 Å². The predicted molar refractivity (Wildman–Crippen MR) is 103 cm³/mol. The highest BCUT2D eigenvalue weighted by Crippen LogP contribution is 2.46. The highest BCUT2D eigenvalue weighted by atomic mass is 16.5. The number of fused-ring (bicyclic) bond motifs is 7. The third-order valence-corrected chi connectivity index (χ3v) is 6.12. The average molecular weight is 349 g/mol. The molecular formula is C22H23NO3. The molecular weight excluding hydrogens is 326 g/mol. The van der Waals surface area contributed by atoms with Crippen molar-refractivity contribution in [3.63, 3.8) is 0 Å². The zero-order valence-electron chi connectivity index (χ0n) is 15.2. The first-order chi connectivity index (χ1) is 12.7. The standard InChI is InChI=1S/C22H23NO3/c1-25-19-10-15-13-6-3-4-7-14(13)21-17(16(15)11-20(19)26-2)12-23-9-5-8-18(23)22(21)24/h3-4,6-7,10-11,18,22,24H,5,8-9,12H2,1-2H3. The summed E-state index contributed by atoms with van der Waals surface area (Å²) in [6.45, 7) is 1.94. The molecule has 0 aromatic heterocycles. The summed E-state index contributed by atoms with van der Waals surface area (Å²) >= 11 is 0. The number of hydrogen-bond acceptors (Lipinski definition) is 4. The van der Waals surface area contributed by atoms with Crippen LogP contribution in [-0.2, 0) is 6.54 Å². The first kappa shape index (κ1) is 15.9. The van der Waals surface area contributed by atoms with Crippen LogP contribution in [0, 0.1) is 0 Å². The van der Waals surface area contributed by atoms with Crippen molar-refractivity contribution in [1.82, 2.24) is 4.90 Å². The van der Waals surface area contributed by atoms with Crippen molar-refractivity contribution in [1.29, 1.82) is 0 Å². The summed E-state index contributed by atoms with van der Waals surface area (Å²) in [6.07, 6.45) is 1.78. The lowest BCUT2D eigenvalue weighted by Gasteiger charge is -2.37. The molecule has 1 N–H and O–H groups in total. The summed E-state index contributed by atoms with van der Waals surface area (Å²) in [5.41, 5.74) is 2.33. The van der Waals surface area contributed by atoms with Crippen molar-refractivity contribution in [2.45, 2.75) is 31.5 Å². The number of methoxy groups -OCH3 is 2. The van der Waals surface area contributed by atoms with Gasteiger partial charge in [0.1, 0.15) is 0 Å². The van der Waals surface area contributed by atoms with E-state index in [0.717, 1.165) is 64.5 Å². The summed E-state index contributed by atoms with van der Waals surface area (Å²) in [4.78, 5) is 2.43. The topological polar surface area (TPSA) is 41.9 Å². The number of rotatable bonds is 2. The molecule has 1 fully saturated rings. The predicted octanol–water partition coefficient (Wildman–Crippen LogP) is 4.02. The zero-order chi connectivity index (χ0) is 17.8. The number of aliphatic hydroxyl groups is 1. The van der Waals surface area contributed by atoms with Crippen LogP contribution in [0.15, 0.2) is 36.4 Å². The molecule has 3 aromatic rings. The van der Waals surface area contributed by atoms with Gasteiger partial charge in [0.15, 0.2) is 11.5 Å². The summed E-state index contributed by atoms with van der Waals surface area (Å²) in [5.74, 6) is 1.47. The Hall–Kier alpha value is -2.30.